The summed E-state index contributed by atoms with van der Waals surface area (Å²) in [6.45, 7) is 6.35. The van der Waals surface area contributed by atoms with Gasteiger partial charge in [0.2, 0.25) is 5.91 Å². The molecule has 0 spiro atoms. The number of esters is 1. The number of likely N-dealkylation sites (N-methyl/N-ethyl adjacent to an activating group) is 1. The van der Waals surface area contributed by atoms with E-state index in [9.17, 15) is 19.6 Å². The van der Waals surface area contributed by atoms with E-state index in [1.807, 2.05) is 48.3 Å². The Balaban J connectivity index is 1.75. The molecule has 2 N–H and O–H groups in total. The smallest absolute Gasteiger partial charge is 0.352 e. The molecule has 0 saturated carbocycles. The molecule has 0 aliphatic rings. The lowest BCUT2D eigenvalue weighted by Crippen LogP contribution is -2.32. The molecular weight excluding hydrogens is 502 g/mol. The van der Waals surface area contributed by atoms with Gasteiger partial charge >= 0.3 is 5.97 Å². The van der Waals surface area contributed by atoms with E-state index in [0.717, 1.165) is 16.9 Å². The highest BCUT2D eigenvalue weighted by Crippen LogP contribution is 2.15. The highest BCUT2D eigenvalue weighted by Gasteiger charge is 2.16. The van der Waals surface area contributed by atoms with Crippen LogP contribution in [0.5, 0.6) is 0 Å². The molecule has 196 valence electrons. The predicted octanol–water partition coefficient (Wildman–Crippen LogP) is 2.25. The van der Waals surface area contributed by atoms with Gasteiger partial charge in [-0.2, -0.15) is 5.26 Å². The summed E-state index contributed by atoms with van der Waals surface area (Å²) in [6, 6.07) is 18.9. The van der Waals surface area contributed by atoms with Crippen molar-refractivity contribution in [2.24, 2.45) is 0 Å². The molecule has 1 amide bonds. The summed E-state index contributed by atoms with van der Waals surface area (Å²) in [6.07, 6.45) is 2.91. The number of amides is 1. The van der Waals surface area contributed by atoms with E-state index < -0.39 is 5.97 Å². The van der Waals surface area contributed by atoms with Crippen molar-refractivity contribution in [1.82, 2.24) is 9.47 Å². The van der Waals surface area contributed by atoms with Gasteiger partial charge < -0.3 is 15.4 Å². The van der Waals surface area contributed by atoms with E-state index in [1.54, 1.807) is 31.2 Å². The first-order valence-electron chi connectivity index (χ1n) is 11.9. The van der Waals surface area contributed by atoms with E-state index >= 15 is 0 Å². The summed E-state index contributed by atoms with van der Waals surface area (Å²) < 4.78 is 6.88. The first-order chi connectivity index (χ1) is 18.4. The van der Waals surface area contributed by atoms with Crippen LogP contribution in [0.2, 0.25) is 0 Å². The van der Waals surface area contributed by atoms with Crippen LogP contribution in [-0.4, -0.2) is 41.5 Å². The summed E-state index contributed by atoms with van der Waals surface area (Å²) in [5.41, 5.74) is 1.79. The number of nitrogens with one attached hydrogen (secondary N) is 2. The number of ether oxygens (including phenoxy) is 1. The number of carbonyl (C=O) groups excluding carboxylic acids is 2. The van der Waals surface area contributed by atoms with E-state index in [0.29, 0.717) is 22.5 Å². The van der Waals surface area contributed by atoms with Crippen molar-refractivity contribution in [3.05, 3.63) is 92.4 Å². The molecule has 0 radical (unpaired) electrons. The SMILES string of the molecule is C=CCOC(=O)C(C#N)=c1sc(=CNc2cccc(NC(=O)CN(C)Cc3ccccc3)c2)c(=O)n1CC. The van der Waals surface area contributed by atoms with Gasteiger partial charge in [-0.3, -0.25) is 19.1 Å². The van der Waals surface area contributed by atoms with E-state index in [4.69, 9.17) is 4.74 Å². The van der Waals surface area contributed by atoms with E-state index in [-0.39, 0.29) is 41.4 Å². The standard InChI is InChI=1S/C28H29N5O4S/c1-4-14-37-28(36)23(16-29)27-33(5-2)26(35)24(38-27)17-30-21-12-9-13-22(15-21)31-25(34)19-32(3)18-20-10-7-6-8-11-20/h4,6-13,15,17,30H,1,5,14,18-19H2,2-3H3,(H,31,34). The molecule has 1 aromatic heterocycles. The minimum atomic E-state index is -0.812. The Hall–Kier alpha value is -4.46. The number of thiazole rings is 1. The van der Waals surface area contributed by atoms with Crippen molar-refractivity contribution in [2.45, 2.75) is 20.0 Å². The topological polar surface area (TPSA) is 116 Å². The van der Waals surface area contributed by atoms with Gasteiger partial charge in [0.25, 0.3) is 5.56 Å². The molecule has 0 unspecified atom stereocenters. The van der Waals surface area contributed by atoms with Crippen LogP contribution in [0.4, 0.5) is 11.4 Å². The molecule has 2 aromatic carbocycles. The molecule has 0 atom stereocenters. The maximum atomic E-state index is 12.9. The van der Waals surface area contributed by atoms with E-state index in [2.05, 4.69) is 17.2 Å². The Morgan fingerprint density at radius 3 is 2.61 bits per heavy atom. The Morgan fingerprint density at radius 2 is 1.92 bits per heavy atom. The fourth-order valence-corrected chi connectivity index (χ4v) is 4.69. The molecule has 0 aliphatic carbocycles. The molecule has 3 rings (SSSR count). The number of aromatic nitrogens is 1. The second-order valence-electron chi connectivity index (χ2n) is 8.27. The first kappa shape index (κ1) is 28.1. The monoisotopic (exact) mass is 531 g/mol. The maximum absolute atomic E-state index is 12.9. The average molecular weight is 532 g/mol. The zero-order valence-corrected chi connectivity index (χ0v) is 22.1. The van der Waals surface area contributed by atoms with Gasteiger partial charge in [-0.1, -0.05) is 49.1 Å². The van der Waals surface area contributed by atoms with Crippen molar-refractivity contribution in [3.63, 3.8) is 0 Å². The van der Waals surface area contributed by atoms with Crippen LogP contribution in [-0.2, 0) is 27.4 Å². The van der Waals surface area contributed by atoms with Crippen molar-refractivity contribution >= 4 is 46.4 Å². The van der Waals surface area contributed by atoms with Crippen LogP contribution >= 0.6 is 11.3 Å². The largest absolute Gasteiger partial charge is 0.457 e. The quantitative estimate of drug-likeness (QED) is 0.288. The second kappa shape index (κ2) is 13.7. The third-order valence-corrected chi connectivity index (χ3v) is 6.44. The maximum Gasteiger partial charge on any atom is 0.352 e. The number of rotatable bonds is 11. The summed E-state index contributed by atoms with van der Waals surface area (Å²) in [5.74, 6) is -0.964. The van der Waals surface area contributed by atoms with Crippen LogP contribution in [0.3, 0.4) is 0 Å². The second-order valence-corrected chi connectivity index (χ2v) is 9.30. The molecule has 10 heteroatoms. The van der Waals surface area contributed by atoms with Gasteiger partial charge in [0.1, 0.15) is 21.9 Å². The third kappa shape index (κ3) is 7.52. The van der Waals surface area contributed by atoms with Crippen molar-refractivity contribution < 1.29 is 14.3 Å². The minimum absolute atomic E-state index is 0.0392. The zero-order valence-electron chi connectivity index (χ0n) is 21.3. The van der Waals surface area contributed by atoms with Gasteiger partial charge in [-0.25, -0.2) is 4.79 Å². The number of hydrogen-bond acceptors (Lipinski definition) is 8. The van der Waals surface area contributed by atoms with Crippen molar-refractivity contribution in [2.75, 3.05) is 30.8 Å². The Labute approximate surface area is 224 Å². The summed E-state index contributed by atoms with van der Waals surface area (Å²) in [5, 5.41) is 15.5. The lowest BCUT2D eigenvalue weighted by Gasteiger charge is -2.16. The highest BCUT2D eigenvalue weighted by molar-refractivity contribution is 7.07. The van der Waals surface area contributed by atoms with Gasteiger partial charge in [0, 0.05) is 30.7 Å². The van der Waals surface area contributed by atoms with Crippen LogP contribution in [0.15, 0.2) is 72.0 Å². The fourth-order valence-electron chi connectivity index (χ4n) is 3.61. The minimum Gasteiger partial charge on any atom is -0.457 e. The number of anilines is 2. The summed E-state index contributed by atoms with van der Waals surface area (Å²) in [7, 11) is 1.88. The van der Waals surface area contributed by atoms with Gasteiger partial charge in [-0.05, 0) is 37.7 Å². The first-order valence-corrected chi connectivity index (χ1v) is 12.7. The number of benzene rings is 2. The lowest BCUT2D eigenvalue weighted by atomic mass is 10.2. The Kier molecular flexibility index (Phi) is 10.2. The molecule has 3 aromatic rings. The number of nitriles is 1. The molecule has 0 saturated heterocycles. The van der Waals surface area contributed by atoms with Crippen LogP contribution in [0.25, 0.3) is 11.8 Å². The van der Waals surface area contributed by atoms with Crippen molar-refractivity contribution in [1.29, 1.82) is 5.26 Å². The third-order valence-electron chi connectivity index (χ3n) is 5.31. The molecule has 0 aliphatic heterocycles. The Bertz CT molecular complexity index is 1520. The van der Waals surface area contributed by atoms with Gasteiger partial charge in [0.15, 0.2) is 5.57 Å². The lowest BCUT2D eigenvalue weighted by molar-refractivity contribution is -0.135. The molecular formula is C28H29N5O4S. The van der Waals surface area contributed by atoms with Crippen LogP contribution < -0.4 is 25.4 Å². The number of carbonyl (C=O) groups is 2. The normalized spacial score (nSPS) is 12.0. The van der Waals surface area contributed by atoms with Crippen LogP contribution in [0, 0.1) is 11.3 Å². The van der Waals surface area contributed by atoms with Crippen molar-refractivity contribution in [3.8, 4) is 6.07 Å². The molecule has 0 bridgehead atoms. The number of hydrogen-bond donors (Lipinski definition) is 2. The van der Waals surface area contributed by atoms with Crippen LogP contribution in [0.1, 0.15) is 12.5 Å². The molecule has 0 fully saturated rings. The van der Waals surface area contributed by atoms with Gasteiger partial charge in [0.05, 0.1) is 6.54 Å². The van der Waals surface area contributed by atoms with Gasteiger partial charge in [-0.15, -0.1) is 11.3 Å². The average Bonchev–Trinajstić information content (AvgIpc) is 3.21. The summed E-state index contributed by atoms with van der Waals surface area (Å²) >= 11 is 1.02. The summed E-state index contributed by atoms with van der Waals surface area (Å²) in [4.78, 5) is 39.6. The highest BCUT2D eigenvalue weighted by atomic mass is 32.1. The molecule has 38 heavy (non-hydrogen) atoms. The number of nitrogens with zero attached hydrogens (tertiary/aromatic N) is 3. The molecule has 9 nitrogen and oxygen atoms in total. The van der Waals surface area contributed by atoms with E-state index in [1.165, 1.54) is 16.8 Å². The fraction of sp³-hybridized carbons (Fsp3) is 0.214. The predicted molar refractivity (Wildman–Crippen MR) is 150 cm³/mol. The molecule has 1 heterocycles. The Morgan fingerprint density at radius 1 is 1.18 bits per heavy atom. The zero-order chi connectivity index (χ0) is 27.5.